The Morgan fingerprint density at radius 3 is 2.05 bits per heavy atom. The standard InChI is InChI=1S/C11H16N2O4S2/c1-18(14,15)10-4-2-3-5-11(10)19(16,17)13-8-6-12-7-9-13/h2-5,12H,6-9H2,1H3. The number of sulfone groups is 1. The van der Waals surface area contributed by atoms with Crippen molar-refractivity contribution in [3.8, 4) is 0 Å². The summed E-state index contributed by atoms with van der Waals surface area (Å²) in [5.74, 6) is 0. The van der Waals surface area contributed by atoms with Crippen molar-refractivity contribution in [3.05, 3.63) is 24.3 Å². The lowest BCUT2D eigenvalue weighted by molar-refractivity contribution is 0.359. The molecular formula is C11H16N2O4S2. The van der Waals surface area contributed by atoms with Crippen molar-refractivity contribution in [1.82, 2.24) is 9.62 Å². The largest absolute Gasteiger partial charge is 0.314 e. The van der Waals surface area contributed by atoms with Crippen molar-refractivity contribution in [2.24, 2.45) is 0 Å². The maximum atomic E-state index is 12.5. The third-order valence-corrected chi connectivity index (χ3v) is 6.18. The second kappa shape index (κ2) is 5.20. The zero-order valence-electron chi connectivity index (χ0n) is 10.5. The summed E-state index contributed by atoms with van der Waals surface area (Å²) < 4.78 is 49.7. The van der Waals surface area contributed by atoms with Crippen LogP contribution in [0.1, 0.15) is 0 Å². The van der Waals surface area contributed by atoms with Crippen molar-refractivity contribution < 1.29 is 16.8 Å². The topological polar surface area (TPSA) is 83.5 Å². The molecule has 0 saturated carbocycles. The van der Waals surface area contributed by atoms with Crippen LogP contribution in [0.5, 0.6) is 0 Å². The minimum Gasteiger partial charge on any atom is -0.314 e. The van der Waals surface area contributed by atoms with Crippen LogP contribution in [0.3, 0.4) is 0 Å². The maximum absolute atomic E-state index is 12.5. The molecule has 1 N–H and O–H groups in total. The van der Waals surface area contributed by atoms with Gasteiger partial charge in [-0.1, -0.05) is 12.1 Å². The molecule has 0 spiro atoms. The summed E-state index contributed by atoms with van der Waals surface area (Å²) in [7, 11) is -7.34. The Morgan fingerprint density at radius 1 is 1.00 bits per heavy atom. The van der Waals surface area contributed by atoms with Crippen molar-refractivity contribution in [2.75, 3.05) is 32.4 Å². The molecule has 0 bridgehead atoms. The molecule has 0 radical (unpaired) electrons. The number of rotatable bonds is 3. The number of sulfonamides is 1. The molecule has 1 aliphatic rings. The first-order valence-electron chi connectivity index (χ1n) is 5.83. The zero-order valence-corrected chi connectivity index (χ0v) is 12.2. The van der Waals surface area contributed by atoms with Crippen LogP contribution in [0.15, 0.2) is 34.1 Å². The van der Waals surface area contributed by atoms with E-state index in [-0.39, 0.29) is 9.79 Å². The Labute approximate surface area is 113 Å². The van der Waals surface area contributed by atoms with Crippen molar-refractivity contribution >= 4 is 19.9 Å². The van der Waals surface area contributed by atoms with Crippen molar-refractivity contribution in [1.29, 1.82) is 0 Å². The minimum absolute atomic E-state index is 0.139. The number of nitrogens with zero attached hydrogens (tertiary/aromatic N) is 1. The van der Waals surface area contributed by atoms with Gasteiger partial charge < -0.3 is 5.32 Å². The molecule has 1 fully saturated rings. The summed E-state index contributed by atoms with van der Waals surface area (Å²) in [6.07, 6.45) is 1.01. The second-order valence-electron chi connectivity index (χ2n) is 4.37. The monoisotopic (exact) mass is 304 g/mol. The molecule has 0 aromatic heterocycles. The molecule has 1 heterocycles. The van der Waals surface area contributed by atoms with Gasteiger partial charge in [-0.05, 0) is 12.1 Å². The van der Waals surface area contributed by atoms with E-state index >= 15 is 0 Å². The van der Waals surface area contributed by atoms with Gasteiger partial charge in [0.25, 0.3) is 0 Å². The van der Waals surface area contributed by atoms with Gasteiger partial charge >= 0.3 is 0 Å². The van der Waals surface area contributed by atoms with Crippen LogP contribution in [0.4, 0.5) is 0 Å². The predicted molar refractivity (Wildman–Crippen MR) is 71.2 cm³/mol. The Morgan fingerprint density at radius 2 is 1.53 bits per heavy atom. The molecule has 0 aliphatic carbocycles. The van der Waals surface area contributed by atoms with E-state index in [1.54, 1.807) is 0 Å². The van der Waals surface area contributed by atoms with Gasteiger partial charge in [0.15, 0.2) is 9.84 Å². The van der Waals surface area contributed by atoms with Gasteiger partial charge in [0.05, 0.1) is 4.90 Å². The molecule has 1 aromatic carbocycles. The van der Waals surface area contributed by atoms with E-state index < -0.39 is 19.9 Å². The van der Waals surface area contributed by atoms with E-state index in [0.29, 0.717) is 26.2 Å². The van der Waals surface area contributed by atoms with Gasteiger partial charge in [0, 0.05) is 32.4 Å². The van der Waals surface area contributed by atoms with Crippen LogP contribution < -0.4 is 5.32 Å². The molecule has 1 aliphatic heterocycles. The van der Waals surface area contributed by atoms with E-state index in [2.05, 4.69) is 5.32 Å². The van der Waals surface area contributed by atoms with Crippen LogP contribution in [0.2, 0.25) is 0 Å². The molecule has 2 rings (SSSR count). The smallest absolute Gasteiger partial charge is 0.244 e. The second-order valence-corrected chi connectivity index (χ2v) is 8.26. The molecule has 0 atom stereocenters. The Kier molecular flexibility index (Phi) is 3.95. The average Bonchev–Trinajstić information content (AvgIpc) is 2.39. The Hall–Kier alpha value is -0.960. The van der Waals surface area contributed by atoms with E-state index in [0.717, 1.165) is 6.26 Å². The van der Waals surface area contributed by atoms with Crippen LogP contribution >= 0.6 is 0 Å². The van der Waals surface area contributed by atoms with Gasteiger partial charge in [-0.25, -0.2) is 16.8 Å². The van der Waals surface area contributed by atoms with E-state index in [4.69, 9.17) is 0 Å². The molecule has 1 aromatic rings. The molecule has 1 saturated heterocycles. The highest BCUT2D eigenvalue weighted by Crippen LogP contribution is 2.24. The van der Waals surface area contributed by atoms with Crippen molar-refractivity contribution in [2.45, 2.75) is 9.79 Å². The number of nitrogens with one attached hydrogen (secondary N) is 1. The highest BCUT2D eigenvalue weighted by molar-refractivity contribution is 7.93. The third kappa shape index (κ3) is 2.97. The average molecular weight is 304 g/mol. The van der Waals surface area contributed by atoms with Gasteiger partial charge in [-0.2, -0.15) is 4.31 Å². The van der Waals surface area contributed by atoms with E-state index in [9.17, 15) is 16.8 Å². The zero-order chi connectivity index (χ0) is 14.1. The Bertz CT molecular complexity index is 662. The molecule has 0 unspecified atom stereocenters. The molecular weight excluding hydrogens is 288 g/mol. The quantitative estimate of drug-likeness (QED) is 0.828. The lowest BCUT2D eigenvalue weighted by Crippen LogP contribution is -2.46. The number of hydrogen-bond donors (Lipinski definition) is 1. The van der Waals surface area contributed by atoms with Gasteiger partial charge in [-0.15, -0.1) is 0 Å². The lowest BCUT2D eigenvalue weighted by atomic mass is 10.4. The normalized spacial score (nSPS) is 18.4. The summed E-state index contributed by atoms with van der Waals surface area (Å²) in [5, 5.41) is 3.06. The van der Waals surface area contributed by atoms with Gasteiger partial charge in [0.1, 0.15) is 4.90 Å². The maximum Gasteiger partial charge on any atom is 0.244 e. The lowest BCUT2D eigenvalue weighted by Gasteiger charge is -2.27. The summed E-state index contributed by atoms with van der Waals surface area (Å²) >= 11 is 0. The molecule has 106 valence electrons. The minimum atomic E-state index is -3.76. The highest BCUT2D eigenvalue weighted by Gasteiger charge is 2.30. The fourth-order valence-corrected chi connectivity index (χ4v) is 5.04. The summed E-state index contributed by atoms with van der Waals surface area (Å²) in [5.41, 5.74) is 0. The summed E-state index contributed by atoms with van der Waals surface area (Å²) in [6.45, 7) is 1.83. The number of benzene rings is 1. The predicted octanol–water partition coefficient (Wildman–Crippen LogP) is -0.316. The van der Waals surface area contributed by atoms with Crippen LogP contribution in [0.25, 0.3) is 0 Å². The molecule has 6 nitrogen and oxygen atoms in total. The van der Waals surface area contributed by atoms with Gasteiger partial charge in [-0.3, -0.25) is 0 Å². The third-order valence-electron chi connectivity index (χ3n) is 2.94. The first kappa shape index (κ1) is 14.4. The summed E-state index contributed by atoms with van der Waals surface area (Å²) in [4.78, 5) is -0.284. The number of hydrogen-bond acceptors (Lipinski definition) is 5. The van der Waals surface area contributed by atoms with Crippen LogP contribution in [-0.4, -0.2) is 53.6 Å². The fourth-order valence-electron chi connectivity index (χ4n) is 1.99. The summed E-state index contributed by atoms with van der Waals surface area (Å²) in [6, 6.07) is 5.72. The Balaban J connectivity index is 2.52. The number of piperazine rings is 1. The molecule has 8 heteroatoms. The first-order valence-corrected chi connectivity index (χ1v) is 9.16. The molecule has 19 heavy (non-hydrogen) atoms. The fraction of sp³-hybridized carbons (Fsp3) is 0.455. The molecule has 0 amide bonds. The van der Waals surface area contributed by atoms with Crippen molar-refractivity contribution in [3.63, 3.8) is 0 Å². The van der Waals surface area contributed by atoms with Gasteiger partial charge in [0.2, 0.25) is 10.0 Å². The van der Waals surface area contributed by atoms with E-state index in [1.807, 2.05) is 0 Å². The first-order chi connectivity index (χ1) is 8.83. The SMILES string of the molecule is CS(=O)(=O)c1ccccc1S(=O)(=O)N1CCNCC1. The van der Waals surface area contributed by atoms with Crippen LogP contribution in [-0.2, 0) is 19.9 Å². The van der Waals surface area contributed by atoms with Crippen LogP contribution in [0, 0.1) is 0 Å². The van der Waals surface area contributed by atoms with E-state index in [1.165, 1.54) is 28.6 Å². The highest BCUT2D eigenvalue weighted by atomic mass is 32.2.